The molecule has 2 saturated carbocycles. The number of fused-ring (bicyclic) bond motifs is 2. The van der Waals surface area contributed by atoms with E-state index in [2.05, 4.69) is 16.9 Å². The number of nitrogens with zero attached hydrogens (tertiary/aromatic N) is 3. The zero-order valence-corrected chi connectivity index (χ0v) is 16.1. The maximum absolute atomic E-state index is 13.3. The molecule has 1 aromatic heterocycles. The number of hydrogen-bond acceptors (Lipinski definition) is 3. The van der Waals surface area contributed by atoms with Crippen molar-refractivity contribution in [2.45, 2.75) is 71.0 Å². The summed E-state index contributed by atoms with van der Waals surface area (Å²) >= 11 is 0. The molecule has 1 saturated heterocycles. The van der Waals surface area contributed by atoms with E-state index in [1.165, 1.54) is 26.2 Å². The molecule has 0 spiro atoms. The number of Topliss-reactive ketones (excluding diaryl/α,β-unsaturated/α-hetero) is 1. The smallest absolute Gasteiger partial charge is 0.244 e. The SMILES string of the molecule is CC(=O)c1nn(CC(=O)N2C(CC3CCC3)CC3(C)CC23)c2ccccc12. The van der Waals surface area contributed by atoms with Crippen molar-refractivity contribution in [1.29, 1.82) is 0 Å². The molecule has 5 rings (SSSR count). The lowest BCUT2D eigenvalue weighted by Gasteiger charge is -2.34. The van der Waals surface area contributed by atoms with Crippen molar-refractivity contribution in [3.8, 4) is 0 Å². The molecule has 3 fully saturated rings. The number of para-hydroxylation sites is 1. The maximum Gasteiger partial charge on any atom is 0.244 e. The molecule has 3 aliphatic rings. The second-order valence-electron chi connectivity index (χ2n) is 9.15. The van der Waals surface area contributed by atoms with E-state index in [1.54, 1.807) is 4.68 Å². The fraction of sp³-hybridized carbons (Fsp3) is 0.591. The molecular formula is C22H27N3O2. The van der Waals surface area contributed by atoms with Gasteiger partial charge in [0.25, 0.3) is 0 Å². The van der Waals surface area contributed by atoms with Gasteiger partial charge in [-0.1, -0.05) is 44.4 Å². The zero-order valence-electron chi connectivity index (χ0n) is 16.1. The number of benzene rings is 1. The molecule has 3 unspecified atom stereocenters. The predicted molar refractivity (Wildman–Crippen MR) is 103 cm³/mol. The first-order valence-electron chi connectivity index (χ1n) is 10.2. The minimum atomic E-state index is -0.0591. The monoisotopic (exact) mass is 365 g/mol. The second kappa shape index (κ2) is 5.91. The molecule has 142 valence electrons. The predicted octanol–water partition coefficient (Wildman–Crippen LogP) is 3.81. The second-order valence-corrected chi connectivity index (χ2v) is 9.15. The van der Waals surface area contributed by atoms with Gasteiger partial charge < -0.3 is 4.90 Å². The van der Waals surface area contributed by atoms with Gasteiger partial charge in [0, 0.05) is 24.4 Å². The van der Waals surface area contributed by atoms with Gasteiger partial charge in [-0.2, -0.15) is 5.10 Å². The molecular weight excluding hydrogens is 338 g/mol. The van der Waals surface area contributed by atoms with Gasteiger partial charge in [-0.25, -0.2) is 0 Å². The van der Waals surface area contributed by atoms with Crippen LogP contribution < -0.4 is 0 Å². The molecule has 3 atom stereocenters. The molecule has 1 amide bonds. The minimum absolute atomic E-state index is 0.0591. The first kappa shape index (κ1) is 17.0. The number of aromatic nitrogens is 2. The lowest BCUT2D eigenvalue weighted by atomic mass is 9.79. The lowest BCUT2D eigenvalue weighted by molar-refractivity contribution is -0.134. The number of ketones is 1. The third-order valence-corrected chi connectivity index (χ3v) is 7.13. The fourth-order valence-corrected chi connectivity index (χ4v) is 5.33. The highest BCUT2D eigenvalue weighted by Crippen LogP contribution is 2.60. The summed E-state index contributed by atoms with van der Waals surface area (Å²) in [5.74, 6) is 0.909. The van der Waals surface area contributed by atoms with Crippen LogP contribution in [0.5, 0.6) is 0 Å². The van der Waals surface area contributed by atoms with Crippen LogP contribution in [0, 0.1) is 11.3 Å². The van der Waals surface area contributed by atoms with E-state index < -0.39 is 0 Å². The molecule has 27 heavy (non-hydrogen) atoms. The molecule has 1 aliphatic heterocycles. The van der Waals surface area contributed by atoms with Crippen LogP contribution >= 0.6 is 0 Å². The summed E-state index contributed by atoms with van der Waals surface area (Å²) < 4.78 is 1.73. The van der Waals surface area contributed by atoms with Crippen LogP contribution in [0.15, 0.2) is 24.3 Å². The average molecular weight is 365 g/mol. The Balaban J connectivity index is 1.41. The van der Waals surface area contributed by atoms with Gasteiger partial charge in [-0.15, -0.1) is 0 Å². The number of hydrogen-bond donors (Lipinski definition) is 0. The van der Waals surface area contributed by atoms with Crippen molar-refractivity contribution in [2.75, 3.05) is 0 Å². The quantitative estimate of drug-likeness (QED) is 0.757. The summed E-state index contributed by atoms with van der Waals surface area (Å²) in [5, 5.41) is 5.32. The number of amides is 1. The van der Waals surface area contributed by atoms with Crippen LogP contribution in [-0.2, 0) is 11.3 Å². The molecule has 2 heterocycles. The van der Waals surface area contributed by atoms with E-state index in [4.69, 9.17) is 0 Å². The Morgan fingerprint density at radius 3 is 2.70 bits per heavy atom. The van der Waals surface area contributed by atoms with Crippen molar-refractivity contribution in [1.82, 2.24) is 14.7 Å². The first-order valence-corrected chi connectivity index (χ1v) is 10.2. The fourth-order valence-electron chi connectivity index (χ4n) is 5.33. The number of piperidine rings is 1. The van der Waals surface area contributed by atoms with E-state index >= 15 is 0 Å². The Morgan fingerprint density at radius 2 is 2.00 bits per heavy atom. The van der Waals surface area contributed by atoms with E-state index in [1.807, 2.05) is 24.3 Å². The van der Waals surface area contributed by atoms with Gasteiger partial charge >= 0.3 is 0 Å². The topological polar surface area (TPSA) is 55.2 Å². The van der Waals surface area contributed by atoms with Crippen LogP contribution in [0.3, 0.4) is 0 Å². The van der Waals surface area contributed by atoms with E-state index in [-0.39, 0.29) is 18.2 Å². The van der Waals surface area contributed by atoms with Gasteiger partial charge in [0.1, 0.15) is 12.2 Å². The van der Waals surface area contributed by atoms with E-state index in [9.17, 15) is 9.59 Å². The third kappa shape index (κ3) is 2.70. The summed E-state index contributed by atoms with van der Waals surface area (Å²) in [6.07, 6.45) is 7.45. The summed E-state index contributed by atoms with van der Waals surface area (Å²) in [7, 11) is 0. The summed E-state index contributed by atoms with van der Waals surface area (Å²) in [4.78, 5) is 27.4. The molecule has 5 nitrogen and oxygen atoms in total. The van der Waals surface area contributed by atoms with Gasteiger partial charge in [0.2, 0.25) is 5.91 Å². The Bertz CT molecular complexity index is 929. The minimum Gasteiger partial charge on any atom is -0.335 e. The summed E-state index contributed by atoms with van der Waals surface area (Å²) in [5.41, 5.74) is 1.66. The van der Waals surface area contributed by atoms with E-state index in [0.717, 1.165) is 36.1 Å². The highest BCUT2D eigenvalue weighted by molar-refractivity contribution is 6.05. The molecule has 0 N–H and O–H groups in total. The van der Waals surface area contributed by atoms with Crippen LogP contribution in [0.4, 0.5) is 0 Å². The number of rotatable bonds is 5. The Labute approximate surface area is 159 Å². The first-order chi connectivity index (χ1) is 13.0. The van der Waals surface area contributed by atoms with Crippen LogP contribution in [0.2, 0.25) is 0 Å². The maximum atomic E-state index is 13.3. The average Bonchev–Trinajstić information content (AvgIpc) is 2.97. The van der Waals surface area contributed by atoms with Crippen molar-refractivity contribution in [2.24, 2.45) is 11.3 Å². The molecule has 0 radical (unpaired) electrons. The summed E-state index contributed by atoms with van der Waals surface area (Å²) in [6.45, 7) is 4.09. The number of likely N-dealkylation sites (tertiary alicyclic amines) is 1. The molecule has 2 aliphatic carbocycles. The third-order valence-electron chi connectivity index (χ3n) is 7.13. The Kier molecular flexibility index (Phi) is 3.72. The standard InChI is InChI=1S/C22H27N3O2/c1-14(26)21-17-8-3-4-9-18(17)24(23-21)13-20(27)25-16(10-15-6-5-7-15)11-22(2)12-19(22)25/h3-4,8-9,15-16,19H,5-7,10-13H2,1-2H3. The van der Waals surface area contributed by atoms with Crippen LogP contribution in [0.25, 0.3) is 10.9 Å². The largest absolute Gasteiger partial charge is 0.335 e. The van der Waals surface area contributed by atoms with Crippen LogP contribution in [-0.4, -0.2) is 38.5 Å². The molecule has 5 heteroatoms. The van der Waals surface area contributed by atoms with Crippen LogP contribution in [0.1, 0.15) is 62.9 Å². The van der Waals surface area contributed by atoms with Gasteiger partial charge in [-0.3, -0.25) is 14.3 Å². The van der Waals surface area contributed by atoms with Crippen molar-refractivity contribution >= 4 is 22.6 Å². The molecule has 1 aromatic carbocycles. The van der Waals surface area contributed by atoms with Crippen molar-refractivity contribution in [3.05, 3.63) is 30.0 Å². The van der Waals surface area contributed by atoms with Gasteiger partial charge in [0.15, 0.2) is 5.78 Å². The number of carbonyl (C=O) groups is 2. The Hall–Kier alpha value is -2.17. The zero-order chi connectivity index (χ0) is 18.8. The molecule has 0 bridgehead atoms. The lowest BCUT2D eigenvalue weighted by Crippen LogP contribution is -2.42. The number of carbonyl (C=O) groups excluding carboxylic acids is 2. The van der Waals surface area contributed by atoms with Crippen molar-refractivity contribution < 1.29 is 9.59 Å². The molecule has 2 aromatic rings. The van der Waals surface area contributed by atoms with E-state index in [0.29, 0.717) is 23.2 Å². The van der Waals surface area contributed by atoms with Gasteiger partial charge in [0.05, 0.1) is 5.52 Å². The normalized spacial score (nSPS) is 29.6. The summed E-state index contributed by atoms with van der Waals surface area (Å²) in [6, 6.07) is 8.49. The van der Waals surface area contributed by atoms with Crippen molar-refractivity contribution in [3.63, 3.8) is 0 Å². The highest BCUT2D eigenvalue weighted by Gasteiger charge is 2.62. The van der Waals surface area contributed by atoms with Gasteiger partial charge in [-0.05, 0) is 36.7 Å². The highest BCUT2D eigenvalue weighted by atomic mass is 16.2. The Morgan fingerprint density at radius 1 is 1.22 bits per heavy atom.